The van der Waals surface area contributed by atoms with Crippen molar-refractivity contribution in [2.75, 3.05) is 6.61 Å². The van der Waals surface area contributed by atoms with E-state index in [1.54, 1.807) is 0 Å². The third kappa shape index (κ3) is 3.78. The number of hydrogen-bond acceptors (Lipinski definition) is 2. The number of hydrogen-bond donors (Lipinski definition) is 1. The number of rotatable bonds is 5. The Hall–Kier alpha value is -1.60. The Labute approximate surface area is 147 Å². The van der Waals surface area contributed by atoms with Crippen molar-refractivity contribution in [3.63, 3.8) is 0 Å². The van der Waals surface area contributed by atoms with Crippen LogP contribution in [0.2, 0.25) is 0 Å². The zero-order valence-electron chi connectivity index (χ0n) is 12.4. The molecule has 0 radical (unpaired) electrons. The topological polar surface area (TPSA) is 38.3 Å². The molecule has 3 rings (SSSR count). The molecule has 116 valence electrons. The van der Waals surface area contributed by atoms with Crippen molar-refractivity contribution in [1.29, 1.82) is 0 Å². The molecule has 1 unspecified atom stereocenters. The first-order chi connectivity index (χ1) is 10.2. The molecule has 2 aromatic carbocycles. The average molecular weight is 410 g/mol. The van der Waals surface area contributed by atoms with Crippen LogP contribution in [0.5, 0.6) is 5.75 Å². The minimum atomic E-state index is -0.555. The summed E-state index contributed by atoms with van der Waals surface area (Å²) in [5.74, 6) is 0.777. The zero-order chi connectivity index (χ0) is 14.7. The fourth-order valence-electron chi connectivity index (χ4n) is 2.47. The van der Waals surface area contributed by atoms with Gasteiger partial charge in [-0.25, -0.2) is 9.13 Å². The SMILES string of the molecule is C[n+]1cn(CC(O)COc2ccccc2)c2ccccc21.[I-]. The molecule has 1 N–H and O–H groups in total. The van der Waals surface area contributed by atoms with Crippen LogP contribution in [-0.2, 0) is 13.6 Å². The van der Waals surface area contributed by atoms with E-state index in [0.717, 1.165) is 16.8 Å². The molecule has 0 bridgehead atoms. The van der Waals surface area contributed by atoms with Gasteiger partial charge in [-0.2, -0.15) is 0 Å². The molecule has 0 amide bonds. The third-order valence-corrected chi connectivity index (χ3v) is 3.48. The first-order valence-electron chi connectivity index (χ1n) is 7.03. The van der Waals surface area contributed by atoms with Crippen molar-refractivity contribution in [1.82, 2.24) is 4.57 Å². The second-order valence-corrected chi connectivity index (χ2v) is 5.15. The minimum Gasteiger partial charge on any atom is -1.00 e. The Morgan fingerprint density at radius 3 is 2.55 bits per heavy atom. The van der Waals surface area contributed by atoms with Crippen LogP contribution in [0.3, 0.4) is 0 Å². The van der Waals surface area contributed by atoms with E-state index in [9.17, 15) is 5.11 Å². The second-order valence-electron chi connectivity index (χ2n) is 5.15. The van der Waals surface area contributed by atoms with Gasteiger partial charge in [0.2, 0.25) is 6.33 Å². The van der Waals surface area contributed by atoms with Crippen LogP contribution in [0.4, 0.5) is 0 Å². The van der Waals surface area contributed by atoms with E-state index in [0.29, 0.717) is 6.54 Å². The van der Waals surface area contributed by atoms with Crippen molar-refractivity contribution < 1.29 is 38.4 Å². The standard InChI is InChI=1S/C17H19N2O2.HI/c1-18-13-19(17-10-6-5-9-16(17)18)11-14(20)12-21-15-7-3-2-4-8-15;/h2-10,13-14,20H,11-12H2,1H3;1H/q+1;/p-1. The molecular weight excluding hydrogens is 391 g/mol. The van der Waals surface area contributed by atoms with Crippen LogP contribution in [-0.4, -0.2) is 22.4 Å². The number of fused-ring (bicyclic) bond motifs is 1. The number of para-hydroxylation sites is 3. The van der Waals surface area contributed by atoms with E-state index in [4.69, 9.17) is 4.74 Å². The predicted molar refractivity (Wildman–Crippen MR) is 81.1 cm³/mol. The van der Waals surface area contributed by atoms with Gasteiger partial charge in [-0.1, -0.05) is 30.3 Å². The molecule has 0 aliphatic heterocycles. The van der Waals surface area contributed by atoms with E-state index < -0.39 is 6.10 Å². The van der Waals surface area contributed by atoms with Gasteiger partial charge < -0.3 is 33.8 Å². The first kappa shape index (κ1) is 16.8. The number of imidazole rings is 1. The molecule has 0 aliphatic rings. The number of benzene rings is 2. The summed E-state index contributed by atoms with van der Waals surface area (Å²) >= 11 is 0. The maximum absolute atomic E-state index is 10.2. The van der Waals surface area contributed by atoms with Gasteiger partial charge in [-0.15, -0.1) is 0 Å². The molecule has 5 heteroatoms. The Bertz CT molecular complexity index is 728. The highest BCUT2D eigenvalue weighted by Gasteiger charge is 2.16. The fourth-order valence-corrected chi connectivity index (χ4v) is 2.47. The van der Waals surface area contributed by atoms with Gasteiger partial charge in [-0.05, 0) is 24.3 Å². The van der Waals surface area contributed by atoms with Crippen LogP contribution < -0.4 is 33.3 Å². The quantitative estimate of drug-likeness (QED) is 0.429. The molecular formula is C17H19IN2O2. The summed E-state index contributed by atoms with van der Waals surface area (Å²) in [5.41, 5.74) is 2.26. The highest BCUT2D eigenvalue weighted by molar-refractivity contribution is 5.71. The van der Waals surface area contributed by atoms with E-state index in [1.165, 1.54) is 0 Å². The molecule has 22 heavy (non-hydrogen) atoms. The number of ether oxygens (including phenoxy) is 1. The lowest BCUT2D eigenvalue weighted by molar-refractivity contribution is -0.645. The molecule has 1 aromatic heterocycles. The molecule has 1 heterocycles. The predicted octanol–water partition coefficient (Wildman–Crippen LogP) is -1.09. The largest absolute Gasteiger partial charge is 1.00 e. The summed E-state index contributed by atoms with van der Waals surface area (Å²) in [6, 6.07) is 17.7. The Balaban J connectivity index is 0.00000176. The van der Waals surface area contributed by atoms with E-state index in [-0.39, 0.29) is 30.6 Å². The number of aliphatic hydroxyl groups excluding tert-OH is 1. The molecule has 0 saturated carbocycles. The Morgan fingerprint density at radius 2 is 1.77 bits per heavy atom. The van der Waals surface area contributed by atoms with Gasteiger partial charge >= 0.3 is 0 Å². The maximum atomic E-state index is 10.2. The van der Waals surface area contributed by atoms with Crippen molar-refractivity contribution in [3.8, 4) is 5.75 Å². The summed E-state index contributed by atoms with van der Waals surface area (Å²) in [6.07, 6.45) is 1.44. The van der Waals surface area contributed by atoms with Gasteiger partial charge in [0.15, 0.2) is 11.0 Å². The number of halogens is 1. The van der Waals surface area contributed by atoms with Gasteiger partial charge in [0.1, 0.15) is 25.0 Å². The highest BCUT2D eigenvalue weighted by atomic mass is 127. The van der Waals surface area contributed by atoms with Crippen molar-refractivity contribution in [2.45, 2.75) is 12.6 Å². The van der Waals surface area contributed by atoms with E-state index in [2.05, 4.69) is 16.7 Å². The fraction of sp³-hybridized carbons (Fsp3) is 0.235. The number of aryl methyl sites for hydroxylation is 1. The van der Waals surface area contributed by atoms with Crippen LogP contribution >= 0.6 is 0 Å². The number of aromatic nitrogens is 2. The minimum absolute atomic E-state index is 0. The van der Waals surface area contributed by atoms with Crippen LogP contribution in [0.25, 0.3) is 11.0 Å². The van der Waals surface area contributed by atoms with Gasteiger partial charge in [-0.3, -0.25) is 0 Å². The summed E-state index contributed by atoms with van der Waals surface area (Å²) in [5, 5.41) is 10.2. The zero-order valence-corrected chi connectivity index (χ0v) is 14.6. The average Bonchev–Trinajstić information content (AvgIpc) is 2.83. The van der Waals surface area contributed by atoms with Crippen LogP contribution in [0.1, 0.15) is 0 Å². The normalized spacial score (nSPS) is 11.9. The summed E-state index contributed by atoms with van der Waals surface area (Å²) in [4.78, 5) is 0. The maximum Gasteiger partial charge on any atom is 0.244 e. The molecule has 0 aliphatic carbocycles. The van der Waals surface area contributed by atoms with Gasteiger partial charge in [0.25, 0.3) is 0 Å². The van der Waals surface area contributed by atoms with Crippen LogP contribution in [0, 0.1) is 0 Å². The molecule has 4 nitrogen and oxygen atoms in total. The second kappa shape index (κ2) is 7.60. The monoisotopic (exact) mass is 410 g/mol. The lowest BCUT2D eigenvalue weighted by Gasteiger charge is -2.10. The summed E-state index contributed by atoms with van der Waals surface area (Å²) < 4.78 is 9.69. The lowest BCUT2D eigenvalue weighted by Crippen LogP contribution is -3.00. The molecule has 0 fully saturated rings. The summed E-state index contributed by atoms with van der Waals surface area (Å²) in [6.45, 7) is 0.786. The third-order valence-electron chi connectivity index (χ3n) is 3.48. The molecule has 3 aromatic rings. The number of nitrogens with zero attached hydrogens (tertiary/aromatic N) is 2. The van der Waals surface area contributed by atoms with Crippen molar-refractivity contribution in [2.24, 2.45) is 7.05 Å². The van der Waals surface area contributed by atoms with E-state index in [1.807, 2.05) is 60.4 Å². The van der Waals surface area contributed by atoms with Crippen molar-refractivity contribution in [3.05, 3.63) is 60.9 Å². The van der Waals surface area contributed by atoms with Gasteiger partial charge in [0.05, 0.1) is 7.05 Å². The smallest absolute Gasteiger partial charge is 0.244 e. The molecule has 0 spiro atoms. The molecule has 0 saturated heterocycles. The number of aliphatic hydroxyl groups is 1. The summed E-state index contributed by atoms with van der Waals surface area (Å²) in [7, 11) is 2.01. The van der Waals surface area contributed by atoms with Gasteiger partial charge in [0, 0.05) is 0 Å². The van der Waals surface area contributed by atoms with E-state index >= 15 is 0 Å². The Morgan fingerprint density at radius 1 is 1.09 bits per heavy atom. The van der Waals surface area contributed by atoms with Crippen LogP contribution in [0.15, 0.2) is 60.9 Å². The Kier molecular flexibility index (Phi) is 5.79. The molecule has 1 atom stereocenters. The lowest BCUT2D eigenvalue weighted by atomic mass is 10.3. The highest BCUT2D eigenvalue weighted by Crippen LogP contribution is 2.12. The first-order valence-corrected chi connectivity index (χ1v) is 7.03. The van der Waals surface area contributed by atoms with Crippen molar-refractivity contribution >= 4 is 11.0 Å².